The van der Waals surface area contributed by atoms with Crippen LogP contribution in [0.2, 0.25) is 0 Å². The molecule has 2 aromatic carbocycles. The summed E-state index contributed by atoms with van der Waals surface area (Å²) in [5, 5.41) is 7.12. The largest absolute Gasteiger partial charge is 0.491 e. The van der Waals surface area contributed by atoms with Crippen molar-refractivity contribution >= 4 is 11.8 Å². The van der Waals surface area contributed by atoms with Gasteiger partial charge in [-0.15, -0.1) is 0 Å². The van der Waals surface area contributed by atoms with Crippen molar-refractivity contribution in [1.29, 1.82) is 0 Å². The van der Waals surface area contributed by atoms with Gasteiger partial charge in [0.25, 0.3) is 5.91 Å². The number of likely N-dealkylation sites (tertiary alicyclic amines) is 1. The van der Waals surface area contributed by atoms with E-state index in [0.29, 0.717) is 50.6 Å². The molecule has 0 spiro atoms. The Morgan fingerprint density at radius 1 is 1.05 bits per heavy atom. The van der Waals surface area contributed by atoms with Gasteiger partial charge in [-0.05, 0) is 93.7 Å². The van der Waals surface area contributed by atoms with Crippen molar-refractivity contribution < 1.29 is 18.8 Å². The second-order valence-electron chi connectivity index (χ2n) is 10.8. The molecule has 8 nitrogen and oxygen atoms in total. The summed E-state index contributed by atoms with van der Waals surface area (Å²) >= 11 is 0. The van der Waals surface area contributed by atoms with E-state index in [1.54, 1.807) is 0 Å². The summed E-state index contributed by atoms with van der Waals surface area (Å²) in [6.45, 7) is 7.62. The Labute approximate surface area is 230 Å². The quantitative estimate of drug-likeness (QED) is 0.545. The maximum atomic E-state index is 13.3. The molecule has 1 saturated heterocycles. The van der Waals surface area contributed by atoms with Gasteiger partial charge in [0.1, 0.15) is 18.1 Å². The number of amides is 2. The maximum Gasteiger partial charge on any atom is 0.251 e. The van der Waals surface area contributed by atoms with Gasteiger partial charge in [0.2, 0.25) is 5.91 Å². The number of carbonyl (C=O) groups excluding carboxylic acids is 2. The standard InChI is InChI=1S/C31H38N4O4/c1-21-30(22(2)39-33-21)25-7-8-28-27(20-25)18-24-5-4-6-26(17-24)31(37)32-11-14-35(15-16-38-28)29(36)19-23-9-12-34(3)13-10-23/h4-8,17,20,23H,9-16,18-19H2,1-3H3,(H,32,37). The molecule has 3 heterocycles. The molecule has 5 rings (SSSR count). The number of aromatic nitrogens is 1. The van der Waals surface area contributed by atoms with Gasteiger partial charge in [-0.2, -0.15) is 0 Å². The molecule has 1 N–H and O–H groups in total. The molecule has 2 bridgehead atoms. The molecule has 39 heavy (non-hydrogen) atoms. The Morgan fingerprint density at radius 2 is 1.87 bits per heavy atom. The smallest absolute Gasteiger partial charge is 0.251 e. The van der Waals surface area contributed by atoms with E-state index >= 15 is 0 Å². The molecule has 1 fully saturated rings. The minimum atomic E-state index is -0.127. The third-order valence-electron chi connectivity index (χ3n) is 7.91. The Balaban J connectivity index is 1.40. The number of rotatable bonds is 3. The van der Waals surface area contributed by atoms with Crippen molar-refractivity contribution in [3.63, 3.8) is 0 Å². The molecule has 2 aliphatic rings. The molecule has 0 radical (unpaired) electrons. The lowest BCUT2D eigenvalue weighted by atomic mass is 9.93. The van der Waals surface area contributed by atoms with Gasteiger partial charge in [-0.25, -0.2) is 0 Å². The summed E-state index contributed by atoms with van der Waals surface area (Å²) in [7, 11) is 2.13. The first-order valence-corrected chi connectivity index (χ1v) is 13.9. The molecule has 206 valence electrons. The normalized spacial score (nSPS) is 17.6. The van der Waals surface area contributed by atoms with Crippen molar-refractivity contribution in [3.05, 3.63) is 70.6 Å². The van der Waals surface area contributed by atoms with E-state index in [1.807, 2.05) is 55.1 Å². The number of nitrogens with one attached hydrogen (secondary N) is 1. The van der Waals surface area contributed by atoms with Crippen LogP contribution in [0.3, 0.4) is 0 Å². The minimum Gasteiger partial charge on any atom is -0.491 e. The lowest BCUT2D eigenvalue weighted by Crippen LogP contribution is -2.42. The fourth-order valence-electron chi connectivity index (χ4n) is 5.63. The SMILES string of the molecule is Cc1noc(C)c1-c1ccc2c(c1)Cc1cccc(c1)C(=O)NCCN(C(=O)CC1CCN(C)CC1)CCO2. The minimum absolute atomic E-state index is 0.127. The number of hydrogen-bond acceptors (Lipinski definition) is 6. The average Bonchev–Trinajstić information content (AvgIpc) is 3.27. The van der Waals surface area contributed by atoms with E-state index in [9.17, 15) is 9.59 Å². The number of ether oxygens (including phenoxy) is 1. The van der Waals surface area contributed by atoms with Gasteiger partial charge in [0, 0.05) is 37.1 Å². The highest BCUT2D eigenvalue weighted by Crippen LogP contribution is 2.32. The third-order valence-corrected chi connectivity index (χ3v) is 7.91. The number of piperidine rings is 1. The topological polar surface area (TPSA) is 87.9 Å². The maximum absolute atomic E-state index is 13.3. The summed E-state index contributed by atoms with van der Waals surface area (Å²) in [6.07, 6.45) is 3.23. The molecule has 0 aliphatic carbocycles. The zero-order valence-corrected chi connectivity index (χ0v) is 23.2. The fraction of sp³-hybridized carbons (Fsp3) is 0.452. The molecule has 2 aliphatic heterocycles. The fourth-order valence-corrected chi connectivity index (χ4v) is 5.63. The van der Waals surface area contributed by atoms with E-state index in [2.05, 4.69) is 28.5 Å². The van der Waals surface area contributed by atoms with Gasteiger partial charge in [-0.1, -0.05) is 23.4 Å². The Morgan fingerprint density at radius 3 is 2.64 bits per heavy atom. The van der Waals surface area contributed by atoms with Crippen LogP contribution < -0.4 is 10.1 Å². The molecule has 8 heteroatoms. The first-order valence-electron chi connectivity index (χ1n) is 13.9. The molecule has 0 atom stereocenters. The lowest BCUT2D eigenvalue weighted by molar-refractivity contribution is -0.132. The van der Waals surface area contributed by atoms with Crippen molar-refractivity contribution in [2.24, 2.45) is 5.92 Å². The van der Waals surface area contributed by atoms with Crippen molar-refractivity contribution in [2.45, 2.75) is 39.5 Å². The second-order valence-corrected chi connectivity index (χ2v) is 10.8. The molecule has 3 aromatic rings. The van der Waals surface area contributed by atoms with Crippen LogP contribution >= 0.6 is 0 Å². The zero-order chi connectivity index (χ0) is 27.4. The molecular formula is C31H38N4O4. The summed E-state index contributed by atoms with van der Waals surface area (Å²) in [5.41, 5.74) is 5.47. The van der Waals surface area contributed by atoms with Crippen LogP contribution in [0.4, 0.5) is 0 Å². The highest BCUT2D eigenvalue weighted by Gasteiger charge is 2.23. The van der Waals surface area contributed by atoms with Gasteiger partial charge >= 0.3 is 0 Å². The summed E-state index contributed by atoms with van der Waals surface area (Å²) in [4.78, 5) is 30.4. The number of hydrogen-bond donors (Lipinski definition) is 1. The second kappa shape index (κ2) is 12.0. The molecular weight excluding hydrogens is 492 g/mol. The van der Waals surface area contributed by atoms with E-state index in [0.717, 1.165) is 65.4 Å². The number of carbonyl (C=O) groups is 2. The Kier molecular flexibility index (Phi) is 8.31. The van der Waals surface area contributed by atoms with Crippen LogP contribution in [0.15, 0.2) is 47.0 Å². The number of aryl methyl sites for hydroxylation is 2. The average molecular weight is 531 g/mol. The van der Waals surface area contributed by atoms with Crippen LogP contribution in [0.1, 0.15) is 52.2 Å². The molecule has 0 saturated carbocycles. The lowest BCUT2D eigenvalue weighted by Gasteiger charge is -2.30. The van der Waals surface area contributed by atoms with E-state index in [1.165, 1.54) is 0 Å². The Hall–Kier alpha value is -3.65. The molecule has 0 unspecified atom stereocenters. The first-order chi connectivity index (χ1) is 18.9. The monoisotopic (exact) mass is 530 g/mol. The van der Waals surface area contributed by atoms with Crippen LogP contribution in [-0.2, 0) is 11.2 Å². The number of nitrogens with zero attached hydrogens (tertiary/aromatic N) is 3. The number of benzene rings is 2. The van der Waals surface area contributed by atoms with Gasteiger partial charge in [0.05, 0.1) is 12.2 Å². The summed E-state index contributed by atoms with van der Waals surface area (Å²) in [6, 6.07) is 13.8. The summed E-state index contributed by atoms with van der Waals surface area (Å²) < 4.78 is 11.7. The van der Waals surface area contributed by atoms with Crippen LogP contribution in [0.25, 0.3) is 11.1 Å². The predicted molar refractivity (Wildman–Crippen MR) is 150 cm³/mol. The molecule has 1 aromatic heterocycles. The van der Waals surface area contributed by atoms with Crippen molar-refractivity contribution in [1.82, 2.24) is 20.3 Å². The van der Waals surface area contributed by atoms with Crippen molar-refractivity contribution in [3.8, 4) is 16.9 Å². The van der Waals surface area contributed by atoms with Crippen molar-refractivity contribution in [2.75, 3.05) is 46.4 Å². The predicted octanol–water partition coefficient (Wildman–Crippen LogP) is 4.23. The van der Waals surface area contributed by atoms with Crippen LogP contribution in [0, 0.1) is 19.8 Å². The first kappa shape index (κ1) is 26.9. The molecule has 2 amide bonds. The zero-order valence-electron chi connectivity index (χ0n) is 23.2. The van der Waals surface area contributed by atoms with E-state index < -0.39 is 0 Å². The highest BCUT2D eigenvalue weighted by atomic mass is 16.5. The Bertz CT molecular complexity index is 1310. The summed E-state index contributed by atoms with van der Waals surface area (Å²) in [5.74, 6) is 1.96. The third kappa shape index (κ3) is 6.50. The van der Waals surface area contributed by atoms with E-state index in [4.69, 9.17) is 9.26 Å². The van der Waals surface area contributed by atoms with Gasteiger partial charge < -0.3 is 24.4 Å². The van der Waals surface area contributed by atoms with Crippen LogP contribution in [-0.4, -0.2) is 73.1 Å². The van der Waals surface area contributed by atoms with Gasteiger partial charge in [-0.3, -0.25) is 9.59 Å². The van der Waals surface area contributed by atoms with Crippen LogP contribution in [0.5, 0.6) is 5.75 Å². The van der Waals surface area contributed by atoms with Gasteiger partial charge in [0.15, 0.2) is 0 Å². The van der Waals surface area contributed by atoms with E-state index in [-0.39, 0.29) is 11.8 Å². The highest BCUT2D eigenvalue weighted by molar-refractivity contribution is 5.94. The number of fused-ring (bicyclic) bond motifs is 3.